The molecule has 0 saturated heterocycles. The summed E-state index contributed by atoms with van der Waals surface area (Å²) in [7, 11) is 1.89. The van der Waals surface area contributed by atoms with Crippen LogP contribution in [0.25, 0.3) is 11.2 Å². The molecule has 0 aliphatic heterocycles. The lowest BCUT2D eigenvalue weighted by Gasteiger charge is -2.15. The highest BCUT2D eigenvalue weighted by Gasteiger charge is 2.16. The van der Waals surface area contributed by atoms with Gasteiger partial charge in [-0.25, -0.2) is 9.97 Å². The minimum absolute atomic E-state index is 0.0685. The number of carbonyl (C=O) groups is 1. The fourth-order valence-corrected chi connectivity index (χ4v) is 1.87. The molecule has 0 spiro atoms. The van der Waals surface area contributed by atoms with Crippen LogP contribution in [0.5, 0.6) is 0 Å². The van der Waals surface area contributed by atoms with Gasteiger partial charge in [0.05, 0.1) is 11.8 Å². The number of likely N-dealkylation sites (N-methyl/N-ethyl adjacent to an activating group) is 1. The maximum absolute atomic E-state index is 12.1. The van der Waals surface area contributed by atoms with Gasteiger partial charge in [0.2, 0.25) is 0 Å². The van der Waals surface area contributed by atoms with E-state index in [0.29, 0.717) is 29.1 Å². The van der Waals surface area contributed by atoms with Crippen LogP contribution >= 0.6 is 0 Å². The van der Waals surface area contributed by atoms with Crippen molar-refractivity contribution in [3.63, 3.8) is 0 Å². The minimum atomic E-state index is -0.156. The van der Waals surface area contributed by atoms with Crippen LogP contribution in [0, 0.1) is 0 Å². The molecule has 2 N–H and O–H groups in total. The third-order valence-corrected chi connectivity index (χ3v) is 2.93. The first kappa shape index (κ1) is 14.8. The summed E-state index contributed by atoms with van der Waals surface area (Å²) in [6.07, 6.45) is 5.10. The molecule has 6 heteroatoms. The average molecular weight is 285 g/mol. The summed E-state index contributed by atoms with van der Waals surface area (Å²) >= 11 is 0. The number of anilines is 1. The number of aromatic amines is 1. The Balaban J connectivity index is 2.36. The smallest absolute Gasteiger partial charge is 0.255 e. The molecule has 110 valence electrons. The summed E-state index contributed by atoms with van der Waals surface area (Å²) in [6.45, 7) is 7.99. The quantitative estimate of drug-likeness (QED) is 0.823. The van der Waals surface area contributed by atoms with Crippen LogP contribution in [0.15, 0.2) is 30.8 Å². The van der Waals surface area contributed by atoms with Crippen molar-refractivity contribution in [2.24, 2.45) is 0 Å². The van der Waals surface area contributed by atoms with E-state index in [-0.39, 0.29) is 11.9 Å². The Kier molecular flexibility index (Phi) is 4.40. The van der Waals surface area contributed by atoms with E-state index in [9.17, 15) is 4.79 Å². The lowest BCUT2D eigenvalue weighted by Crippen LogP contribution is -2.30. The van der Waals surface area contributed by atoms with E-state index in [1.807, 2.05) is 25.8 Å². The van der Waals surface area contributed by atoms with Crippen molar-refractivity contribution in [2.45, 2.75) is 19.9 Å². The third-order valence-electron chi connectivity index (χ3n) is 2.93. The van der Waals surface area contributed by atoms with Gasteiger partial charge >= 0.3 is 0 Å². The van der Waals surface area contributed by atoms with Gasteiger partial charge in [-0.2, -0.15) is 0 Å². The molecule has 6 nitrogen and oxygen atoms in total. The molecular weight excluding hydrogens is 266 g/mol. The first-order chi connectivity index (χ1) is 10.0. The van der Waals surface area contributed by atoms with Crippen molar-refractivity contribution in [3.05, 3.63) is 36.3 Å². The molecule has 2 heterocycles. The number of carbonyl (C=O) groups excluding carboxylic acids is 1. The zero-order valence-electron chi connectivity index (χ0n) is 12.5. The second kappa shape index (κ2) is 6.24. The Morgan fingerprint density at radius 3 is 3.05 bits per heavy atom. The van der Waals surface area contributed by atoms with E-state index < -0.39 is 0 Å². The van der Waals surface area contributed by atoms with Gasteiger partial charge in [-0.05, 0) is 19.9 Å². The van der Waals surface area contributed by atoms with Gasteiger partial charge in [-0.15, -0.1) is 5.73 Å². The maximum Gasteiger partial charge on any atom is 0.255 e. The molecule has 0 bridgehead atoms. The van der Waals surface area contributed by atoms with Gasteiger partial charge < -0.3 is 15.2 Å². The van der Waals surface area contributed by atoms with E-state index in [1.54, 1.807) is 18.5 Å². The van der Waals surface area contributed by atoms with Crippen LogP contribution in [0.2, 0.25) is 0 Å². The van der Waals surface area contributed by atoms with Crippen molar-refractivity contribution < 1.29 is 4.79 Å². The monoisotopic (exact) mass is 285 g/mol. The van der Waals surface area contributed by atoms with Crippen molar-refractivity contribution in [1.29, 1.82) is 0 Å². The molecule has 0 radical (unpaired) electrons. The third kappa shape index (κ3) is 3.30. The number of hydrogen-bond acceptors (Lipinski definition) is 4. The number of fused-ring (bicyclic) bond motifs is 1. The Bertz CT molecular complexity index is 697. The Morgan fingerprint density at radius 1 is 1.62 bits per heavy atom. The summed E-state index contributed by atoms with van der Waals surface area (Å²) in [5.74, 6) is 0.531. The minimum Gasteiger partial charge on any atom is -0.354 e. The number of aromatic nitrogens is 3. The SMILES string of the molecule is C=C=CCN(C)c1cnc2[nH]cc(C(=O)NC(C)C)c2n1. The number of H-pyrrole nitrogens is 1. The molecule has 0 saturated carbocycles. The predicted octanol–water partition coefficient (Wildman–Crippen LogP) is 1.87. The van der Waals surface area contributed by atoms with Crippen molar-refractivity contribution in [3.8, 4) is 0 Å². The van der Waals surface area contributed by atoms with Gasteiger partial charge in [0.1, 0.15) is 11.3 Å². The number of nitrogens with one attached hydrogen (secondary N) is 2. The van der Waals surface area contributed by atoms with Crippen molar-refractivity contribution >= 4 is 22.9 Å². The maximum atomic E-state index is 12.1. The van der Waals surface area contributed by atoms with Crippen LogP contribution in [-0.4, -0.2) is 40.5 Å². The zero-order valence-corrected chi connectivity index (χ0v) is 12.5. The Morgan fingerprint density at radius 2 is 2.38 bits per heavy atom. The second-order valence-corrected chi connectivity index (χ2v) is 5.04. The zero-order chi connectivity index (χ0) is 15.4. The molecular formula is C15H19N5O. The van der Waals surface area contributed by atoms with Gasteiger partial charge in [-0.3, -0.25) is 4.79 Å². The predicted molar refractivity (Wildman–Crippen MR) is 83.5 cm³/mol. The summed E-state index contributed by atoms with van der Waals surface area (Å²) in [4.78, 5) is 25.8. The van der Waals surface area contributed by atoms with Gasteiger partial charge in [0.25, 0.3) is 5.91 Å². The van der Waals surface area contributed by atoms with Crippen LogP contribution in [-0.2, 0) is 0 Å². The Labute approximate surface area is 123 Å². The van der Waals surface area contributed by atoms with Crippen molar-refractivity contribution in [2.75, 3.05) is 18.5 Å². The highest BCUT2D eigenvalue weighted by molar-refractivity contribution is 6.04. The van der Waals surface area contributed by atoms with E-state index in [4.69, 9.17) is 0 Å². The van der Waals surface area contributed by atoms with Gasteiger partial charge in [0, 0.05) is 25.8 Å². The molecule has 0 unspecified atom stereocenters. The number of amides is 1. The molecule has 2 aromatic heterocycles. The molecule has 0 aliphatic carbocycles. The highest BCUT2D eigenvalue weighted by atomic mass is 16.1. The largest absolute Gasteiger partial charge is 0.354 e. The standard InChI is InChI=1S/C15H19N5O/c1-5-6-7-20(4)12-9-17-14-13(19-12)11(8-16-14)15(21)18-10(2)3/h6,8-10H,1,7H2,2-4H3,(H,16,17)(H,18,21). The molecule has 2 rings (SSSR count). The molecule has 2 aromatic rings. The van der Waals surface area contributed by atoms with E-state index >= 15 is 0 Å². The van der Waals surface area contributed by atoms with Gasteiger partial charge in [0.15, 0.2) is 5.65 Å². The van der Waals surface area contributed by atoms with Crippen LogP contribution in [0.4, 0.5) is 5.82 Å². The molecule has 1 amide bonds. The molecule has 0 fully saturated rings. The number of nitrogens with zero attached hydrogens (tertiary/aromatic N) is 3. The second-order valence-electron chi connectivity index (χ2n) is 5.04. The molecule has 21 heavy (non-hydrogen) atoms. The fraction of sp³-hybridized carbons (Fsp3) is 0.333. The highest BCUT2D eigenvalue weighted by Crippen LogP contribution is 2.18. The average Bonchev–Trinajstić information content (AvgIpc) is 2.86. The summed E-state index contributed by atoms with van der Waals surface area (Å²) in [5.41, 5.74) is 4.38. The van der Waals surface area contributed by atoms with E-state index in [1.165, 1.54) is 0 Å². The summed E-state index contributed by atoms with van der Waals surface area (Å²) in [6, 6.07) is 0.0685. The summed E-state index contributed by atoms with van der Waals surface area (Å²) < 4.78 is 0. The normalized spacial score (nSPS) is 10.5. The van der Waals surface area contributed by atoms with E-state index in [0.717, 1.165) is 0 Å². The number of hydrogen-bond donors (Lipinski definition) is 2. The Hall–Kier alpha value is -2.59. The van der Waals surface area contributed by atoms with Crippen LogP contribution in [0.3, 0.4) is 0 Å². The molecule has 0 aliphatic rings. The van der Waals surface area contributed by atoms with Crippen LogP contribution < -0.4 is 10.2 Å². The van der Waals surface area contributed by atoms with Crippen molar-refractivity contribution in [1.82, 2.24) is 20.3 Å². The van der Waals surface area contributed by atoms with E-state index in [2.05, 4.69) is 32.6 Å². The fourth-order valence-electron chi connectivity index (χ4n) is 1.87. The van der Waals surface area contributed by atoms with Gasteiger partial charge in [-0.1, -0.05) is 6.58 Å². The topological polar surface area (TPSA) is 73.9 Å². The summed E-state index contributed by atoms with van der Waals surface area (Å²) in [5, 5.41) is 2.86. The van der Waals surface area contributed by atoms with Crippen LogP contribution in [0.1, 0.15) is 24.2 Å². The molecule has 0 aromatic carbocycles. The lowest BCUT2D eigenvalue weighted by atomic mass is 10.2. The first-order valence-electron chi connectivity index (χ1n) is 6.73. The lowest BCUT2D eigenvalue weighted by molar-refractivity contribution is 0.0944. The number of rotatable bonds is 5. The first-order valence-corrected chi connectivity index (χ1v) is 6.73. The molecule has 0 atom stereocenters.